The summed E-state index contributed by atoms with van der Waals surface area (Å²) in [6.45, 7) is 11.9. The van der Waals surface area contributed by atoms with Crippen LogP contribution in [0.1, 0.15) is 421 Å². The largest absolute Gasteiger partial charge is 0.472 e. The van der Waals surface area contributed by atoms with Gasteiger partial charge in [0.25, 0.3) is 0 Å². The molecule has 594 valence electrons. The van der Waals surface area contributed by atoms with Gasteiger partial charge in [-0.15, -0.1) is 0 Å². The van der Waals surface area contributed by atoms with Crippen LogP contribution in [0.4, 0.5) is 0 Å². The smallest absolute Gasteiger partial charge is 0.462 e. The van der Waals surface area contributed by atoms with Gasteiger partial charge in [-0.1, -0.05) is 370 Å². The molecule has 0 aliphatic carbocycles. The Morgan fingerprint density at radius 3 is 0.680 bits per heavy atom. The van der Waals surface area contributed by atoms with Gasteiger partial charge in [0.1, 0.15) is 19.3 Å². The Morgan fingerprint density at radius 1 is 0.270 bits per heavy atom. The number of rotatable bonds is 79. The molecule has 17 nitrogen and oxygen atoms in total. The number of hydrogen-bond acceptors (Lipinski definition) is 15. The molecule has 0 heterocycles. The van der Waals surface area contributed by atoms with E-state index in [2.05, 4.69) is 48.5 Å². The fourth-order valence-corrected chi connectivity index (χ4v) is 14.1. The highest BCUT2D eigenvalue weighted by Gasteiger charge is 2.30. The van der Waals surface area contributed by atoms with E-state index in [0.29, 0.717) is 25.7 Å². The molecule has 0 aromatic rings. The van der Waals surface area contributed by atoms with Gasteiger partial charge in [0.2, 0.25) is 0 Å². The lowest BCUT2D eigenvalue weighted by Gasteiger charge is -2.21. The van der Waals surface area contributed by atoms with Crippen LogP contribution in [0.2, 0.25) is 0 Å². The number of aliphatic hydroxyl groups excluding tert-OH is 1. The molecule has 0 radical (unpaired) electrons. The van der Waals surface area contributed by atoms with Gasteiger partial charge in [-0.25, -0.2) is 9.13 Å². The van der Waals surface area contributed by atoms with Crippen molar-refractivity contribution in [2.24, 2.45) is 17.8 Å². The third-order valence-electron chi connectivity index (χ3n) is 18.9. The standard InChI is InChI=1S/C81H158O17P2/c1-8-9-10-11-12-13-14-15-16-17-21-24-27-33-41-48-55-62-78(83)91-68-76(97-80(85)64-57-50-43-34-28-25-22-19-18-20-23-26-31-38-45-52-59-72(2)3)70-95-99(87,88)93-66-75(82)67-94-100(89,90)96-71-77(69-92-79(84)63-56-49-42-37-36-40-47-54-61-74(6)7)98-81(86)65-58-51-44-35-30-29-32-39-46-53-60-73(4)5/h72-77,82H,8-71H2,1-7H3,(H,87,88)(H,89,90)/t75-,76-,77-/m1/s1. The highest BCUT2D eigenvalue weighted by molar-refractivity contribution is 7.47. The van der Waals surface area contributed by atoms with E-state index in [1.54, 1.807) is 0 Å². The van der Waals surface area contributed by atoms with Crippen molar-refractivity contribution in [1.82, 2.24) is 0 Å². The zero-order valence-corrected chi connectivity index (χ0v) is 67.5. The first kappa shape index (κ1) is 98.1. The van der Waals surface area contributed by atoms with Crippen LogP contribution in [-0.2, 0) is 65.4 Å². The number of ether oxygens (including phenoxy) is 4. The molecule has 0 aromatic heterocycles. The second-order valence-electron chi connectivity index (χ2n) is 30.6. The summed E-state index contributed by atoms with van der Waals surface area (Å²) in [5.74, 6) is 0.176. The Hall–Kier alpha value is -1.94. The minimum atomic E-state index is -4.96. The summed E-state index contributed by atoms with van der Waals surface area (Å²) in [5, 5.41) is 10.6. The van der Waals surface area contributed by atoms with E-state index in [4.69, 9.17) is 37.0 Å². The fraction of sp³-hybridized carbons (Fsp3) is 0.951. The van der Waals surface area contributed by atoms with Crippen LogP contribution in [0.15, 0.2) is 0 Å². The Labute approximate surface area is 613 Å². The number of hydrogen-bond donors (Lipinski definition) is 3. The summed E-state index contributed by atoms with van der Waals surface area (Å²) in [4.78, 5) is 73.0. The predicted octanol–water partition coefficient (Wildman–Crippen LogP) is 24.1. The first-order chi connectivity index (χ1) is 48.2. The van der Waals surface area contributed by atoms with E-state index in [1.165, 1.54) is 231 Å². The first-order valence-electron chi connectivity index (χ1n) is 41.8. The molecule has 0 spiro atoms. The van der Waals surface area contributed by atoms with Gasteiger partial charge in [0.05, 0.1) is 26.4 Å². The molecule has 3 N–H and O–H groups in total. The van der Waals surface area contributed by atoms with Crippen molar-refractivity contribution in [3.05, 3.63) is 0 Å². The molecule has 0 aliphatic heterocycles. The molecule has 5 atom stereocenters. The minimum Gasteiger partial charge on any atom is -0.462 e. The van der Waals surface area contributed by atoms with Crippen LogP contribution in [-0.4, -0.2) is 96.7 Å². The third kappa shape index (κ3) is 74.3. The average Bonchev–Trinajstić information content (AvgIpc) is 0.957. The summed E-state index contributed by atoms with van der Waals surface area (Å²) in [5.41, 5.74) is 0. The zero-order chi connectivity index (χ0) is 73.7. The summed E-state index contributed by atoms with van der Waals surface area (Å²) in [6, 6.07) is 0. The SMILES string of the molecule is CCCCCCCCCCCCCCCCCCCC(=O)OC[C@H](COP(=O)(O)OC[C@@H](O)COP(=O)(O)OC[C@@H](COC(=O)CCCCCCCCCCC(C)C)OC(=O)CCCCCCCCCCCCC(C)C)OC(=O)CCCCCCCCCCCCCCCCCCC(C)C. The molecular formula is C81H158O17P2. The highest BCUT2D eigenvalue weighted by Crippen LogP contribution is 2.45. The number of phosphoric acid groups is 2. The van der Waals surface area contributed by atoms with Crippen molar-refractivity contribution in [1.29, 1.82) is 0 Å². The van der Waals surface area contributed by atoms with Crippen molar-refractivity contribution in [3.8, 4) is 0 Å². The molecule has 100 heavy (non-hydrogen) atoms. The van der Waals surface area contributed by atoms with E-state index in [1.807, 2.05) is 0 Å². The first-order valence-corrected chi connectivity index (χ1v) is 44.8. The van der Waals surface area contributed by atoms with Crippen LogP contribution in [0, 0.1) is 17.8 Å². The quantitative estimate of drug-likeness (QED) is 0.0222. The maximum absolute atomic E-state index is 13.1. The van der Waals surface area contributed by atoms with Gasteiger partial charge in [-0.05, 0) is 43.4 Å². The molecular weight excluding hydrogens is 1310 g/mol. The Balaban J connectivity index is 5.25. The van der Waals surface area contributed by atoms with Crippen molar-refractivity contribution in [2.75, 3.05) is 39.6 Å². The monoisotopic (exact) mass is 1470 g/mol. The van der Waals surface area contributed by atoms with Crippen LogP contribution in [0.25, 0.3) is 0 Å². The molecule has 0 aromatic carbocycles. The van der Waals surface area contributed by atoms with Gasteiger partial charge >= 0.3 is 39.5 Å². The van der Waals surface area contributed by atoms with Gasteiger partial charge in [-0.3, -0.25) is 37.3 Å². The van der Waals surface area contributed by atoms with E-state index < -0.39 is 97.5 Å². The lowest BCUT2D eigenvalue weighted by Crippen LogP contribution is -2.30. The fourth-order valence-electron chi connectivity index (χ4n) is 12.5. The molecule has 0 amide bonds. The van der Waals surface area contributed by atoms with Gasteiger partial charge in [0, 0.05) is 25.7 Å². The van der Waals surface area contributed by atoms with Crippen LogP contribution < -0.4 is 0 Å². The third-order valence-corrected chi connectivity index (χ3v) is 20.8. The molecule has 2 unspecified atom stereocenters. The normalized spacial score (nSPS) is 14.0. The maximum atomic E-state index is 13.1. The summed E-state index contributed by atoms with van der Waals surface area (Å²) in [7, 11) is -9.92. The zero-order valence-electron chi connectivity index (χ0n) is 65.7. The topological polar surface area (TPSA) is 237 Å². The lowest BCUT2D eigenvalue weighted by atomic mass is 10.0. The summed E-state index contributed by atoms with van der Waals surface area (Å²) in [6.07, 6.45) is 59.7. The molecule has 0 bridgehead atoms. The predicted molar refractivity (Wildman–Crippen MR) is 409 cm³/mol. The Bertz CT molecular complexity index is 1940. The van der Waals surface area contributed by atoms with Crippen LogP contribution >= 0.6 is 15.6 Å². The van der Waals surface area contributed by atoms with Gasteiger partial charge in [-0.2, -0.15) is 0 Å². The minimum absolute atomic E-state index is 0.105. The number of carbonyl (C=O) groups excluding carboxylic acids is 4. The van der Waals surface area contributed by atoms with E-state index >= 15 is 0 Å². The number of esters is 4. The van der Waals surface area contributed by atoms with Crippen molar-refractivity contribution in [3.63, 3.8) is 0 Å². The Morgan fingerprint density at radius 2 is 0.460 bits per heavy atom. The van der Waals surface area contributed by atoms with E-state index in [9.17, 15) is 43.2 Å². The second-order valence-corrected chi connectivity index (χ2v) is 33.5. The number of phosphoric ester groups is 2. The second kappa shape index (κ2) is 71.3. The highest BCUT2D eigenvalue weighted by atomic mass is 31.2. The lowest BCUT2D eigenvalue weighted by molar-refractivity contribution is -0.161. The molecule has 19 heteroatoms. The van der Waals surface area contributed by atoms with E-state index in [-0.39, 0.29) is 25.7 Å². The number of aliphatic hydroxyl groups is 1. The molecule has 0 aliphatic rings. The van der Waals surface area contributed by atoms with E-state index in [0.717, 1.165) is 108 Å². The Kier molecular flexibility index (Phi) is 69.9. The van der Waals surface area contributed by atoms with Crippen LogP contribution in [0.5, 0.6) is 0 Å². The molecule has 0 fully saturated rings. The van der Waals surface area contributed by atoms with Gasteiger partial charge < -0.3 is 33.8 Å². The van der Waals surface area contributed by atoms with Crippen molar-refractivity contribution in [2.45, 2.75) is 439 Å². The maximum Gasteiger partial charge on any atom is 0.472 e. The molecule has 0 saturated heterocycles. The molecule has 0 saturated carbocycles. The summed E-state index contributed by atoms with van der Waals surface area (Å²) < 4.78 is 68.7. The van der Waals surface area contributed by atoms with Crippen molar-refractivity contribution >= 4 is 39.5 Å². The number of unbranched alkanes of at least 4 members (excludes halogenated alkanes) is 47. The number of carbonyl (C=O) groups is 4. The van der Waals surface area contributed by atoms with Crippen molar-refractivity contribution < 1.29 is 80.2 Å². The molecule has 0 rings (SSSR count). The summed E-state index contributed by atoms with van der Waals surface area (Å²) >= 11 is 0. The average molecular weight is 1470 g/mol. The van der Waals surface area contributed by atoms with Crippen LogP contribution in [0.3, 0.4) is 0 Å². The van der Waals surface area contributed by atoms with Gasteiger partial charge in [0.15, 0.2) is 12.2 Å².